The summed E-state index contributed by atoms with van der Waals surface area (Å²) in [5.74, 6) is -0.432. The monoisotopic (exact) mass is 375 g/mol. The molecule has 2 aromatic heterocycles. The fourth-order valence-corrected chi connectivity index (χ4v) is 3.08. The van der Waals surface area contributed by atoms with Crippen LogP contribution in [0.5, 0.6) is 0 Å². The molecule has 132 valence electrons. The van der Waals surface area contributed by atoms with E-state index < -0.39 is 5.97 Å². The molecule has 0 unspecified atom stereocenters. The van der Waals surface area contributed by atoms with Gasteiger partial charge in [0.15, 0.2) is 5.82 Å². The zero-order valence-corrected chi connectivity index (χ0v) is 14.8. The number of hydrogen-bond acceptors (Lipinski definition) is 3. The highest BCUT2D eigenvalue weighted by Gasteiger charge is 2.12. The molecule has 6 heteroatoms. The van der Waals surface area contributed by atoms with Crippen LogP contribution < -0.4 is 0 Å². The number of carbonyl (C=O) groups is 1. The van der Waals surface area contributed by atoms with Gasteiger partial charge in [-0.2, -0.15) is 0 Å². The zero-order chi connectivity index (χ0) is 18.8. The largest absolute Gasteiger partial charge is 0.478 e. The Morgan fingerprint density at radius 1 is 0.926 bits per heavy atom. The van der Waals surface area contributed by atoms with Gasteiger partial charge in [0.25, 0.3) is 0 Å². The summed E-state index contributed by atoms with van der Waals surface area (Å²) in [4.78, 5) is 11.3. The maximum absolute atomic E-state index is 11.3. The lowest BCUT2D eigenvalue weighted by Crippen LogP contribution is -1.96. The van der Waals surface area contributed by atoms with E-state index in [9.17, 15) is 9.90 Å². The number of azo groups is 1. The Bertz CT molecular complexity index is 1170. The lowest BCUT2D eigenvalue weighted by molar-refractivity contribution is 0.0697. The van der Waals surface area contributed by atoms with Crippen LogP contribution in [0, 0.1) is 0 Å². The number of pyridine rings is 1. The number of aromatic carboxylic acids is 1. The van der Waals surface area contributed by atoms with Gasteiger partial charge in [0.05, 0.1) is 16.3 Å². The van der Waals surface area contributed by atoms with Crippen molar-refractivity contribution in [2.75, 3.05) is 0 Å². The lowest BCUT2D eigenvalue weighted by atomic mass is 10.1. The molecule has 0 saturated heterocycles. The first-order valence-electron chi connectivity index (χ1n) is 8.23. The van der Waals surface area contributed by atoms with Crippen LogP contribution >= 0.6 is 11.6 Å². The van der Waals surface area contributed by atoms with Crippen LogP contribution in [0.15, 0.2) is 89.2 Å². The van der Waals surface area contributed by atoms with E-state index in [1.807, 2.05) is 65.2 Å². The molecule has 5 nitrogen and oxygen atoms in total. The van der Waals surface area contributed by atoms with E-state index in [-0.39, 0.29) is 10.6 Å². The molecule has 0 radical (unpaired) electrons. The van der Waals surface area contributed by atoms with Crippen molar-refractivity contribution >= 4 is 34.6 Å². The van der Waals surface area contributed by atoms with Gasteiger partial charge in [-0.15, -0.1) is 10.2 Å². The number of halogens is 1. The van der Waals surface area contributed by atoms with Crippen LogP contribution in [0.4, 0.5) is 11.5 Å². The highest BCUT2D eigenvalue weighted by molar-refractivity contribution is 6.33. The molecule has 0 bridgehead atoms. The molecule has 2 aromatic carbocycles. The van der Waals surface area contributed by atoms with Gasteiger partial charge in [-0.25, -0.2) is 4.79 Å². The normalized spacial score (nSPS) is 11.3. The fraction of sp³-hybridized carbons (Fsp3) is 0. The Kier molecular flexibility index (Phi) is 4.44. The Hall–Kier alpha value is -3.44. The molecule has 0 aliphatic carbocycles. The Morgan fingerprint density at radius 3 is 2.48 bits per heavy atom. The standard InChI is InChI=1S/C21H14ClN3O2/c22-19-10-9-15(12-18(19)21(26)27)23-24-20-17(14-6-2-1-3-7-14)13-16-8-4-5-11-25(16)20/h1-13H,(H,26,27). The Morgan fingerprint density at radius 2 is 1.70 bits per heavy atom. The molecule has 0 aliphatic rings. The summed E-state index contributed by atoms with van der Waals surface area (Å²) in [7, 11) is 0. The van der Waals surface area contributed by atoms with Crippen molar-refractivity contribution in [1.82, 2.24) is 4.40 Å². The molecule has 2 heterocycles. The number of nitrogens with zero attached hydrogens (tertiary/aromatic N) is 3. The quantitative estimate of drug-likeness (QED) is 0.421. The molecule has 0 saturated carbocycles. The first-order valence-corrected chi connectivity index (χ1v) is 8.61. The van der Waals surface area contributed by atoms with E-state index in [1.54, 1.807) is 6.07 Å². The summed E-state index contributed by atoms with van der Waals surface area (Å²) < 4.78 is 1.94. The average molecular weight is 376 g/mol. The van der Waals surface area contributed by atoms with Gasteiger partial charge in [-0.05, 0) is 42.0 Å². The molecule has 1 N–H and O–H groups in total. The molecule has 4 aromatic rings. The van der Waals surface area contributed by atoms with Crippen molar-refractivity contribution in [2.45, 2.75) is 0 Å². The third-order valence-electron chi connectivity index (χ3n) is 4.18. The number of hydrogen-bond donors (Lipinski definition) is 1. The maximum atomic E-state index is 11.3. The van der Waals surface area contributed by atoms with Crippen LogP contribution in [-0.4, -0.2) is 15.5 Å². The summed E-state index contributed by atoms with van der Waals surface area (Å²) in [6, 6.07) is 22.4. The molecule has 0 fully saturated rings. The van der Waals surface area contributed by atoms with Crippen molar-refractivity contribution in [3.05, 3.63) is 89.6 Å². The third kappa shape index (κ3) is 3.32. The van der Waals surface area contributed by atoms with Crippen molar-refractivity contribution in [2.24, 2.45) is 10.2 Å². The molecule has 27 heavy (non-hydrogen) atoms. The van der Waals surface area contributed by atoms with Crippen molar-refractivity contribution in [1.29, 1.82) is 0 Å². The Balaban J connectivity index is 1.83. The highest BCUT2D eigenvalue weighted by atomic mass is 35.5. The second-order valence-electron chi connectivity index (χ2n) is 5.91. The van der Waals surface area contributed by atoms with Gasteiger partial charge in [0.1, 0.15) is 0 Å². The molecule has 0 amide bonds. The molecular weight excluding hydrogens is 362 g/mol. The number of fused-ring (bicyclic) bond motifs is 1. The van der Waals surface area contributed by atoms with Crippen LogP contribution in [0.1, 0.15) is 10.4 Å². The second kappa shape index (κ2) is 7.05. The summed E-state index contributed by atoms with van der Waals surface area (Å²) >= 11 is 5.92. The van der Waals surface area contributed by atoms with Gasteiger partial charge in [0, 0.05) is 17.3 Å². The van der Waals surface area contributed by atoms with E-state index in [0.29, 0.717) is 11.5 Å². The number of aromatic nitrogens is 1. The number of rotatable bonds is 4. The minimum Gasteiger partial charge on any atom is -0.478 e. The van der Waals surface area contributed by atoms with E-state index in [1.165, 1.54) is 12.1 Å². The van der Waals surface area contributed by atoms with Crippen LogP contribution in [-0.2, 0) is 0 Å². The highest BCUT2D eigenvalue weighted by Crippen LogP contribution is 2.35. The number of carboxylic acid groups (broad SMARTS) is 1. The summed E-state index contributed by atoms with van der Waals surface area (Å²) in [6.45, 7) is 0. The Labute approximate surface area is 160 Å². The first kappa shape index (κ1) is 17.0. The molecule has 0 atom stereocenters. The van der Waals surface area contributed by atoms with Crippen molar-refractivity contribution in [3.8, 4) is 11.1 Å². The van der Waals surface area contributed by atoms with Gasteiger partial charge in [0.2, 0.25) is 0 Å². The van der Waals surface area contributed by atoms with E-state index in [0.717, 1.165) is 16.6 Å². The predicted molar refractivity (Wildman–Crippen MR) is 105 cm³/mol. The maximum Gasteiger partial charge on any atom is 0.337 e. The van der Waals surface area contributed by atoms with E-state index in [4.69, 9.17) is 11.6 Å². The predicted octanol–water partition coefficient (Wildman–Crippen LogP) is 6.37. The van der Waals surface area contributed by atoms with Crippen LogP contribution in [0.25, 0.3) is 16.6 Å². The second-order valence-corrected chi connectivity index (χ2v) is 6.32. The summed E-state index contributed by atoms with van der Waals surface area (Å²) in [5.41, 5.74) is 3.38. The lowest BCUT2D eigenvalue weighted by Gasteiger charge is -2.02. The summed E-state index contributed by atoms with van der Waals surface area (Å²) in [6.07, 6.45) is 1.92. The van der Waals surface area contributed by atoms with Gasteiger partial charge in [-0.3, -0.25) is 4.40 Å². The van der Waals surface area contributed by atoms with Gasteiger partial charge in [-0.1, -0.05) is 48.0 Å². The van der Waals surface area contributed by atoms with Gasteiger partial charge >= 0.3 is 5.97 Å². The smallest absolute Gasteiger partial charge is 0.337 e. The van der Waals surface area contributed by atoms with Crippen molar-refractivity contribution < 1.29 is 9.90 Å². The van der Waals surface area contributed by atoms with Crippen LogP contribution in [0.3, 0.4) is 0 Å². The minimum absolute atomic E-state index is 0.00332. The first-order chi connectivity index (χ1) is 13.1. The molecular formula is C21H14ClN3O2. The third-order valence-corrected chi connectivity index (χ3v) is 4.51. The fourth-order valence-electron chi connectivity index (χ4n) is 2.89. The van der Waals surface area contributed by atoms with Crippen LogP contribution in [0.2, 0.25) is 5.02 Å². The zero-order valence-electron chi connectivity index (χ0n) is 14.1. The number of benzene rings is 2. The average Bonchev–Trinajstić information content (AvgIpc) is 3.06. The van der Waals surface area contributed by atoms with Crippen molar-refractivity contribution in [3.63, 3.8) is 0 Å². The topological polar surface area (TPSA) is 66.4 Å². The summed E-state index contributed by atoms with van der Waals surface area (Å²) in [5, 5.41) is 18.1. The van der Waals surface area contributed by atoms with E-state index >= 15 is 0 Å². The van der Waals surface area contributed by atoms with E-state index in [2.05, 4.69) is 10.2 Å². The SMILES string of the molecule is O=C(O)c1cc(N=Nc2c(-c3ccccc3)cc3ccccn23)ccc1Cl. The molecule has 0 spiro atoms. The molecule has 4 rings (SSSR count). The number of carboxylic acids is 1. The minimum atomic E-state index is -1.10. The van der Waals surface area contributed by atoms with Gasteiger partial charge < -0.3 is 5.11 Å². The molecule has 0 aliphatic heterocycles.